The van der Waals surface area contributed by atoms with Crippen molar-refractivity contribution in [3.63, 3.8) is 0 Å². The number of sulfonamides is 1. The van der Waals surface area contributed by atoms with E-state index in [9.17, 15) is 8.42 Å². The summed E-state index contributed by atoms with van der Waals surface area (Å²) in [6.07, 6.45) is 3.61. The summed E-state index contributed by atoms with van der Waals surface area (Å²) in [6.45, 7) is 2.36. The third-order valence-corrected chi connectivity index (χ3v) is 8.47. The minimum absolute atomic E-state index is 0.0817. The SMILES string of the molecule is Cc1ccc(S(=O)(=O)N2C[C@@H](Br)[C@H](c3ccccc3)O[C@@H]3CCCC[C@H]32)cc1. The van der Waals surface area contributed by atoms with Crippen LogP contribution in [0.3, 0.4) is 0 Å². The molecule has 4 nitrogen and oxygen atoms in total. The van der Waals surface area contributed by atoms with Crippen LogP contribution in [0.15, 0.2) is 59.5 Å². The van der Waals surface area contributed by atoms with E-state index in [0.717, 1.165) is 36.8 Å². The zero-order chi connectivity index (χ0) is 19.7. The van der Waals surface area contributed by atoms with Crippen LogP contribution >= 0.6 is 15.9 Å². The Balaban J connectivity index is 1.71. The predicted octanol–water partition coefficient (Wildman–Crippen LogP) is 4.83. The fourth-order valence-electron chi connectivity index (χ4n) is 4.29. The number of aryl methyl sites for hydroxylation is 1. The first-order valence-electron chi connectivity index (χ1n) is 9.90. The largest absolute Gasteiger partial charge is 0.367 e. The summed E-state index contributed by atoms with van der Waals surface area (Å²) in [5.41, 5.74) is 2.14. The minimum atomic E-state index is -3.59. The number of nitrogens with zero attached hydrogens (tertiary/aromatic N) is 1. The van der Waals surface area contributed by atoms with Crippen molar-refractivity contribution in [2.45, 2.75) is 60.6 Å². The second-order valence-corrected chi connectivity index (χ2v) is 10.8. The van der Waals surface area contributed by atoms with E-state index in [1.807, 2.05) is 37.3 Å². The second-order valence-electron chi connectivity index (χ2n) is 7.76. The predicted molar refractivity (Wildman–Crippen MR) is 114 cm³/mol. The highest BCUT2D eigenvalue weighted by Crippen LogP contribution is 2.40. The molecule has 0 aromatic heterocycles. The van der Waals surface area contributed by atoms with Gasteiger partial charge in [-0.05, 0) is 37.5 Å². The number of fused-ring (bicyclic) bond motifs is 1. The first-order valence-corrected chi connectivity index (χ1v) is 12.3. The van der Waals surface area contributed by atoms with Crippen molar-refractivity contribution < 1.29 is 13.2 Å². The monoisotopic (exact) mass is 463 g/mol. The molecule has 2 fully saturated rings. The van der Waals surface area contributed by atoms with Crippen molar-refractivity contribution in [3.05, 3.63) is 65.7 Å². The van der Waals surface area contributed by atoms with Crippen LogP contribution in [0.4, 0.5) is 0 Å². The lowest BCUT2D eigenvalue weighted by Crippen LogP contribution is -2.48. The van der Waals surface area contributed by atoms with Crippen molar-refractivity contribution in [2.24, 2.45) is 0 Å². The van der Waals surface area contributed by atoms with E-state index in [1.54, 1.807) is 16.4 Å². The fourth-order valence-corrected chi connectivity index (χ4v) is 6.93. The quantitative estimate of drug-likeness (QED) is 0.612. The average molecular weight is 464 g/mol. The van der Waals surface area contributed by atoms with Crippen LogP contribution in [-0.2, 0) is 14.8 Å². The molecule has 2 aliphatic rings. The van der Waals surface area contributed by atoms with Gasteiger partial charge in [0.15, 0.2) is 0 Å². The molecular formula is C22H26BrNO3S. The number of hydrogen-bond acceptors (Lipinski definition) is 3. The molecule has 1 heterocycles. The molecule has 0 N–H and O–H groups in total. The summed E-state index contributed by atoms with van der Waals surface area (Å²) in [7, 11) is -3.59. The lowest BCUT2D eigenvalue weighted by atomic mass is 9.92. The van der Waals surface area contributed by atoms with Gasteiger partial charge in [-0.15, -0.1) is 0 Å². The van der Waals surface area contributed by atoms with Gasteiger partial charge in [-0.1, -0.05) is 76.8 Å². The first-order chi connectivity index (χ1) is 13.5. The van der Waals surface area contributed by atoms with Crippen molar-refractivity contribution in [1.82, 2.24) is 4.31 Å². The van der Waals surface area contributed by atoms with Crippen LogP contribution in [0.5, 0.6) is 0 Å². The number of alkyl halides is 1. The molecule has 4 atom stereocenters. The Kier molecular flexibility index (Phi) is 5.93. The van der Waals surface area contributed by atoms with Crippen LogP contribution in [0.25, 0.3) is 0 Å². The lowest BCUT2D eigenvalue weighted by molar-refractivity contribution is -0.0399. The molecular weight excluding hydrogens is 438 g/mol. The van der Waals surface area contributed by atoms with Gasteiger partial charge in [0.2, 0.25) is 10.0 Å². The van der Waals surface area contributed by atoms with Gasteiger partial charge in [0.1, 0.15) is 0 Å². The van der Waals surface area contributed by atoms with E-state index in [1.165, 1.54) is 0 Å². The van der Waals surface area contributed by atoms with E-state index in [0.29, 0.717) is 11.4 Å². The molecule has 0 bridgehead atoms. The van der Waals surface area contributed by atoms with E-state index < -0.39 is 10.0 Å². The molecule has 0 unspecified atom stereocenters. The van der Waals surface area contributed by atoms with Crippen LogP contribution in [0.1, 0.15) is 42.9 Å². The maximum absolute atomic E-state index is 13.5. The summed E-state index contributed by atoms with van der Waals surface area (Å²) in [5.74, 6) is 0. The normalized spacial score (nSPS) is 29.1. The Hall–Kier alpha value is -1.21. The van der Waals surface area contributed by atoms with Gasteiger partial charge < -0.3 is 4.74 Å². The number of ether oxygens (including phenoxy) is 1. The van der Waals surface area contributed by atoms with Gasteiger partial charge in [-0.3, -0.25) is 0 Å². The lowest BCUT2D eigenvalue weighted by Gasteiger charge is -2.37. The molecule has 2 aromatic rings. The fraction of sp³-hybridized carbons (Fsp3) is 0.455. The van der Waals surface area contributed by atoms with E-state index in [-0.39, 0.29) is 23.1 Å². The summed E-state index contributed by atoms with van der Waals surface area (Å²) in [6, 6.07) is 17.1. The Morgan fingerprint density at radius 3 is 2.39 bits per heavy atom. The highest BCUT2D eigenvalue weighted by atomic mass is 79.9. The zero-order valence-corrected chi connectivity index (χ0v) is 18.4. The summed E-state index contributed by atoms with van der Waals surface area (Å²) in [5, 5.41) is 0. The van der Waals surface area contributed by atoms with E-state index in [2.05, 4.69) is 28.1 Å². The molecule has 28 heavy (non-hydrogen) atoms. The van der Waals surface area contributed by atoms with Crippen LogP contribution in [0.2, 0.25) is 0 Å². The van der Waals surface area contributed by atoms with Gasteiger partial charge in [-0.2, -0.15) is 4.31 Å². The Bertz CT molecular complexity index is 901. The van der Waals surface area contributed by atoms with E-state index >= 15 is 0 Å². The summed E-state index contributed by atoms with van der Waals surface area (Å²) >= 11 is 3.76. The Labute approximate surface area is 176 Å². The molecule has 6 heteroatoms. The van der Waals surface area contributed by atoms with Crippen LogP contribution in [-0.4, -0.2) is 36.2 Å². The average Bonchev–Trinajstić information content (AvgIpc) is 2.86. The molecule has 1 saturated heterocycles. The van der Waals surface area contributed by atoms with E-state index in [4.69, 9.17) is 4.74 Å². The minimum Gasteiger partial charge on any atom is -0.367 e. The topological polar surface area (TPSA) is 46.6 Å². The van der Waals surface area contributed by atoms with Gasteiger partial charge in [0.05, 0.1) is 28.0 Å². The summed E-state index contributed by atoms with van der Waals surface area (Å²) in [4.78, 5) is 0.251. The molecule has 0 amide bonds. The van der Waals surface area contributed by atoms with Crippen molar-refractivity contribution >= 4 is 26.0 Å². The third-order valence-electron chi connectivity index (χ3n) is 5.80. The Morgan fingerprint density at radius 2 is 1.68 bits per heavy atom. The number of benzene rings is 2. The number of halogens is 1. The van der Waals surface area contributed by atoms with Crippen LogP contribution in [0, 0.1) is 6.92 Å². The standard InChI is InChI=1S/C22H26BrNO3S/c1-16-11-13-18(14-12-16)28(25,26)24-15-19(23)22(17-7-3-2-4-8-17)27-21-10-6-5-9-20(21)24/h2-4,7-8,11-14,19-22H,5-6,9-10,15H2,1H3/t19-,20-,21-,22+/m1/s1. The van der Waals surface area contributed by atoms with Gasteiger partial charge in [-0.25, -0.2) is 8.42 Å². The van der Waals surface area contributed by atoms with Crippen LogP contribution < -0.4 is 0 Å². The smallest absolute Gasteiger partial charge is 0.243 e. The number of rotatable bonds is 3. The summed E-state index contributed by atoms with van der Waals surface area (Å²) < 4.78 is 35.3. The van der Waals surface area contributed by atoms with Crippen molar-refractivity contribution in [3.8, 4) is 0 Å². The maximum Gasteiger partial charge on any atom is 0.243 e. The van der Waals surface area contributed by atoms with Crippen molar-refractivity contribution in [2.75, 3.05) is 6.54 Å². The molecule has 0 spiro atoms. The zero-order valence-electron chi connectivity index (χ0n) is 16.0. The second kappa shape index (κ2) is 8.27. The maximum atomic E-state index is 13.5. The molecule has 1 aliphatic carbocycles. The highest BCUT2D eigenvalue weighted by molar-refractivity contribution is 9.09. The molecule has 0 radical (unpaired) electrons. The van der Waals surface area contributed by atoms with Gasteiger partial charge in [0.25, 0.3) is 0 Å². The van der Waals surface area contributed by atoms with Gasteiger partial charge in [0, 0.05) is 6.54 Å². The molecule has 1 aliphatic heterocycles. The first kappa shape index (κ1) is 20.1. The Morgan fingerprint density at radius 1 is 1.00 bits per heavy atom. The van der Waals surface area contributed by atoms with Crippen molar-refractivity contribution in [1.29, 1.82) is 0 Å². The highest BCUT2D eigenvalue weighted by Gasteiger charge is 2.44. The molecule has 4 rings (SSSR count). The third kappa shape index (κ3) is 3.92. The van der Waals surface area contributed by atoms with Gasteiger partial charge >= 0.3 is 0 Å². The number of hydrogen-bond donors (Lipinski definition) is 0. The molecule has 1 saturated carbocycles. The molecule has 150 valence electrons. The molecule has 2 aromatic carbocycles.